The van der Waals surface area contributed by atoms with Crippen LogP contribution in [0.2, 0.25) is 0 Å². The Morgan fingerprint density at radius 1 is 1.28 bits per heavy atom. The van der Waals surface area contributed by atoms with Gasteiger partial charge in [-0.2, -0.15) is 5.10 Å². The summed E-state index contributed by atoms with van der Waals surface area (Å²) in [5.41, 5.74) is 0.961. The Balaban J connectivity index is 1.52. The standard InChI is InChI=1S/C18H22N4O2S/c1-20-6-8-21(9-7-20)13-18(23)22-15(16-4-2-10-24-16)12-14(19-22)17-5-3-11-25-17/h2-5,10-11,15H,6-9,12-13H2,1H3/t15-/m0/s1. The molecule has 0 saturated carbocycles. The molecule has 0 radical (unpaired) electrons. The molecule has 1 fully saturated rings. The van der Waals surface area contributed by atoms with E-state index in [-0.39, 0.29) is 11.9 Å². The first-order chi connectivity index (χ1) is 12.2. The van der Waals surface area contributed by atoms with E-state index >= 15 is 0 Å². The quantitative estimate of drug-likeness (QED) is 0.841. The van der Waals surface area contributed by atoms with Crippen molar-refractivity contribution in [3.05, 3.63) is 46.5 Å². The van der Waals surface area contributed by atoms with Crippen molar-refractivity contribution in [3.8, 4) is 0 Å². The van der Waals surface area contributed by atoms with Crippen LogP contribution in [0.5, 0.6) is 0 Å². The highest BCUT2D eigenvalue weighted by atomic mass is 32.1. The highest BCUT2D eigenvalue weighted by molar-refractivity contribution is 7.12. The third-order valence-corrected chi connectivity index (χ3v) is 5.72. The molecule has 7 heteroatoms. The van der Waals surface area contributed by atoms with E-state index in [4.69, 9.17) is 4.42 Å². The molecule has 2 aliphatic heterocycles. The Kier molecular flexibility index (Phi) is 4.70. The summed E-state index contributed by atoms with van der Waals surface area (Å²) in [6.45, 7) is 4.25. The van der Waals surface area contributed by atoms with Crippen LogP contribution >= 0.6 is 11.3 Å². The molecule has 2 aromatic rings. The fourth-order valence-electron chi connectivity index (χ4n) is 3.30. The van der Waals surface area contributed by atoms with Crippen LogP contribution in [0.4, 0.5) is 0 Å². The van der Waals surface area contributed by atoms with Gasteiger partial charge in [-0.05, 0) is 30.6 Å². The van der Waals surface area contributed by atoms with E-state index in [1.165, 1.54) is 0 Å². The molecule has 2 aliphatic rings. The molecule has 1 amide bonds. The number of furan rings is 1. The predicted octanol–water partition coefficient (Wildman–Crippen LogP) is 2.27. The minimum absolute atomic E-state index is 0.0394. The summed E-state index contributed by atoms with van der Waals surface area (Å²) < 4.78 is 5.58. The summed E-state index contributed by atoms with van der Waals surface area (Å²) >= 11 is 1.65. The maximum atomic E-state index is 12.9. The van der Waals surface area contributed by atoms with Crippen molar-refractivity contribution in [3.63, 3.8) is 0 Å². The van der Waals surface area contributed by atoms with E-state index in [2.05, 4.69) is 28.0 Å². The number of hydrogen-bond acceptors (Lipinski definition) is 6. The number of hydrogen-bond donors (Lipinski definition) is 0. The Morgan fingerprint density at radius 3 is 2.80 bits per heavy atom. The molecule has 4 heterocycles. The average molecular weight is 358 g/mol. The lowest BCUT2D eigenvalue weighted by molar-refractivity contribution is -0.135. The summed E-state index contributed by atoms with van der Waals surface area (Å²) in [5.74, 6) is 0.833. The Morgan fingerprint density at radius 2 is 2.12 bits per heavy atom. The van der Waals surface area contributed by atoms with Gasteiger partial charge in [0.05, 0.1) is 23.4 Å². The van der Waals surface area contributed by atoms with E-state index in [0.29, 0.717) is 13.0 Å². The van der Waals surface area contributed by atoms with Crippen molar-refractivity contribution < 1.29 is 9.21 Å². The molecule has 2 aromatic heterocycles. The lowest BCUT2D eigenvalue weighted by Crippen LogP contribution is -2.48. The first-order valence-corrected chi connectivity index (χ1v) is 9.46. The van der Waals surface area contributed by atoms with Crippen LogP contribution in [0.15, 0.2) is 45.4 Å². The molecule has 0 aliphatic carbocycles. The van der Waals surface area contributed by atoms with Gasteiger partial charge in [-0.1, -0.05) is 6.07 Å². The van der Waals surface area contributed by atoms with Crippen LogP contribution in [-0.2, 0) is 4.79 Å². The van der Waals surface area contributed by atoms with Crippen molar-refractivity contribution in [1.82, 2.24) is 14.8 Å². The molecule has 0 unspecified atom stereocenters. The van der Waals surface area contributed by atoms with E-state index in [9.17, 15) is 4.79 Å². The minimum Gasteiger partial charge on any atom is -0.467 e. The van der Waals surface area contributed by atoms with Gasteiger partial charge < -0.3 is 9.32 Å². The van der Waals surface area contributed by atoms with Crippen LogP contribution in [-0.4, -0.2) is 66.2 Å². The normalized spacial score (nSPS) is 22.4. The zero-order valence-corrected chi connectivity index (χ0v) is 15.1. The van der Waals surface area contributed by atoms with Crippen LogP contribution in [0.25, 0.3) is 0 Å². The molecule has 0 N–H and O–H groups in total. The molecular formula is C18H22N4O2S. The fourth-order valence-corrected chi connectivity index (χ4v) is 4.03. The van der Waals surface area contributed by atoms with Gasteiger partial charge in [0.25, 0.3) is 5.91 Å². The first kappa shape index (κ1) is 16.5. The molecule has 6 nitrogen and oxygen atoms in total. The zero-order valence-electron chi connectivity index (χ0n) is 14.3. The SMILES string of the molecule is CN1CCN(CC(=O)N2N=C(c3cccs3)C[C@H]2c2ccco2)CC1. The van der Waals surface area contributed by atoms with Gasteiger partial charge in [0.1, 0.15) is 11.8 Å². The summed E-state index contributed by atoms with van der Waals surface area (Å²) in [4.78, 5) is 18.6. The second kappa shape index (κ2) is 7.11. The maximum Gasteiger partial charge on any atom is 0.257 e. The number of piperazine rings is 1. The van der Waals surface area contributed by atoms with Crippen LogP contribution in [0, 0.1) is 0 Å². The van der Waals surface area contributed by atoms with E-state index < -0.39 is 0 Å². The van der Waals surface area contributed by atoms with E-state index in [1.54, 1.807) is 22.6 Å². The maximum absolute atomic E-state index is 12.9. The van der Waals surface area contributed by atoms with Crippen LogP contribution < -0.4 is 0 Å². The number of rotatable bonds is 4. The average Bonchev–Trinajstić information content (AvgIpc) is 3.36. The number of carbonyl (C=O) groups excluding carboxylic acids is 1. The lowest BCUT2D eigenvalue weighted by Gasteiger charge is -2.32. The van der Waals surface area contributed by atoms with Gasteiger partial charge in [0, 0.05) is 32.6 Å². The number of hydrazone groups is 1. The summed E-state index contributed by atoms with van der Waals surface area (Å²) in [5, 5.41) is 8.33. The Bertz CT molecular complexity index is 733. The topological polar surface area (TPSA) is 52.3 Å². The Hall–Kier alpha value is -1.96. The molecule has 25 heavy (non-hydrogen) atoms. The third-order valence-electron chi connectivity index (χ3n) is 4.80. The molecule has 0 aromatic carbocycles. The van der Waals surface area contributed by atoms with Gasteiger partial charge in [-0.3, -0.25) is 9.69 Å². The highest BCUT2D eigenvalue weighted by Gasteiger charge is 2.35. The van der Waals surface area contributed by atoms with E-state index in [1.807, 2.05) is 23.6 Å². The predicted molar refractivity (Wildman–Crippen MR) is 97.7 cm³/mol. The number of carbonyl (C=O) groups is 1. The fraction of sp³-hybridized carbons (Fsp3) is 0.444. The van der Waals surface area contributed by atoms with Gasteiger partial charge in [-0.25, -0.2) is 5.01 Å². The molecule has 1 saturated heterocycles. The second-order valence-corrected chi connectivity index (χ2v) is 7.52. The molecule has 0 bridgehead atoms. The van der Waals surface area contributed by atoms with Gasteiger partial charge in [-0.15, -0.1) is 11.3 Å². The second-order valence-electron chi connectivity index (χ2n) is 6.58. The summed E-state index contributed by atoms with van der Waals surface area (Å²) in [6, 6.07) is 7.71. The van der Waals surface area contributed by atoms with Gasteiger partial charge in [0.15, 0.2) is 0 Å². The molecule has 4 rings (SSSR count). The van der Waals surface area contributed by atoms with Crippen molar-refractivity contribution in [2.24, 2.45) is 5.10 Å². The number of thiophene rings is 1. The molecule has 1 atom stereocenters. The number of amides is 1. The van der Waals surface area contributed by atoms with Crippen molar-refractivity contribution in [2.75, 3.05) is 39.8 Å². The smallest absolute Gasteiger partial charge is 0.257 e. The van der Waals surface area contributed by atoms with E-state index in [0.717, 1.165) is 42.5 Å². The minimum atomic E-state index is -0.146. The van der Waals surface area contributed by atoms with Gasteiger partial charge >= 0.3 is 0 Å². The van der Waals surface area contributed by atoms with Crippen LogP contribution in [0.3, 0.4) is 0 Å². The highest BCUT2D eigenvalue weighted by Crippen LogP contribution is 2.34. The third kappa shape index (κ3) is 3.53. The summed E-state index contributed by atoms with van der Waals surface area (Å²) in [7, 11) is 2.12. The first-order valence-electron chi connectivity index (χ1n) is 8.58. The van der Waals surface area contributed by atoms with Crippen LogP contribution in [0.1, 0.15) is 23.1 Å². The van der Waals surface area contributed by atoms with Crippen molar-refractivity contribution in [1.29, 1.82) is 0 Å². The molecule has 0 spiro atoms. The number of nitrogens with zero attached hydrogens (tertiary/aromatic N) is 4. The molecule has 132 valence electrons. The van der Waals surface area contributed by atoms with Crippen molar-refractivity contribution in [2.45, 2.75) is 12.5 Å². The zero-order chi connectivity index (χ0) is 17.2. The number of likely N-dealkylation sites (N-methyl/N-ethyl adjacent to an activating group) is 1. The molecular weight excluding hydrogens is 336 g/mol. The van der Waals surface area contributed by atoms with Crippen molar-refractivity contribution >= 4 is 23.0 Å². The lowest BCUT2D eigenvalue weighted by atomic mass is 10.1. The summed E-state index contributed by atoms with van der Waals surface area (Å²) in [6.07, 6.45) is 2.35. The monoisotopic (exact) mass is 358 g/mol. The largest absolute Gasteiger partial charge is 0.467 e. The Labute approximate surface area is 151 Å². The van der Waals surface area contributed by atoms with Gasteiger partial charge in [0.2, 0.25) is 0 Å².